The van der Waals surface area contributed by atoms with Crippen LogP contribution in [0.4, 0.5) is 0 Å². The van der Waals surface area contributed by atoms with Crippen LogP contribution in [0.3, 0.4) is 0 Å². The number of fused-ring (bicyclic) bond motifs is 1. The lowest BCUT2D eigenvalue weighted by Gasteiger charge is -2.20. The molecule has 0 saturated heterocycles. The highest BCUT2D eigenvalue weighted by Crippen LogP contribution is 2.20. The van der Waals surface area contributed by atoms with Crippen LogP contribution in [0.5, 0.6) is 0 Å². The van der Waals surface area contributed by atoms with Crippen LogP contribution in [-0.2, 0) is 25.1 Å². The SMILES string of the molecule is CCCc1nc(CSCC(C)C)nc2c1CNCC2. The number of aromatic nitrogens is 2. The summed E-state index contributed by atoms with van der Waals surface area (Å²) in [5.74, 6) is 3.91. The summed E-state index contributed by atoms with van der Waals surface area (Å²) in [5, 5.41) is 3.43. The third-order valence-corrected chi connectivity index (χ3v) is 4.60. The molecule has 0 spiro atoms. The molecular formula is C15H25N3S. The predicted molar refractivity (Wildman–Crippen MR) is 82.4 cm³/mol. The van der Waals surface area contributed by atoms with E-state index in [-0.39, 0.29) is 0 Å². The lowest BCUT2D eigenvalue weighted by Crippen LogP contribution is -2.27. The lowest BCUT2D eigenvalue weighted by molar-refractivity contribution is 0.610. The van der Waals surface area contributed by atoms with Gasteiger partial charge in [0.15, 0.2) is 0 Å². The lowest BCUT2D eigenvalue weighted by atomic mass is 10.0. The molecule has 2 rings (SSSR count). The summed E-state index contributed by atoms with van der Waals surface area (Å²) in [4.78, 5) is 9.58. The number of thioether (sulfide) groups is 1. The Kier molecular flexibility index (Phi) is 5.64. The minimum Gasteiger partial charge on any atom is -0.312 e. The zero-order valence-corrected chi connectivity index (χ0v) is 13.1. The molecule has 0 aromatic carbocycles. The molecule has 0 bridgehead atoms. The largest absolute Gasteiger partial charge is 0.312 e. The first-order valence-corrected chi connectivity index (χ1v) is 8.52. The Hall–Kier alpha value is -0.610. The van der Waals surface area contributed by atoms with E-state index < -0.39 is 0 Å². The molecule has 1 N–H and O–H groups in total. The highest BCUT2D eigenvalue weighted by atomic mass is 32.2. The van der Waals surface area contributed by atoms with Crippen LogP contribution < -0.4 is 5.32 Å². The number of rotatable bonds is 6. The minimum atomic E-state index is 0.738. The summed E-state index contributed by atoms with van der Waals surface area (Å²) in [6.07, 6.45) is 3.28. The van der Waals surface area contributed by atoms with Gasteiger partial charge in [-0.1, -0.05) is 27.2 Å². The summed E-state index contributed by atoms with van der Waals surface area (Å²) in [6.45, 7) is 8.74. The van der Waals surface area contributed by atoms with Gasteiger partial charge in [-0.25, -0.2) is 9.97 Å². The van der Waals surface area contributed by atoms with Gasteiger partial charge in [-0.15, -0.1) is 0 Å². The van der Waals surface area contributed by atoms with Crippen molar-refractivity contribution in [2.45, 2.75) is 52.3 Å². The van der Waals surface area contributed by atoms with Crippen LogP contribution in [0.1, 0.15) is 50.0 Å². The molecule has 1 aliphatic heterocycles. The molecule has 1 aromatic heterocycles. The van der Waals surface area contributed by atoms with Gasteiger partial charge < -0.3 is 5.32 Å². The first-order valence-electron chi connectivity index (χ1n) is 7.36. The van der Waals surface area contributed by atoms with Gasteiger partial charge in [0.1, 0.15) is 5.82 Å². The zero-order valence-electron chi connectivity index (χ0n) is 12.3. The average Bonchev–Trinajstić information content (AvgIpc) is 2.39. The van der Waals surface area contributed by atoms with E-state index in [2.05, 4.69) is 26.1 Å². The number of nitrogens with one attached hydrogen (secondary N) is 1. The van der Waals surface area contributed by atoms with Crippen LogP contribution >= 0.6 is 11.8 Å². The van der Waals surface area contributed by atoms with Gasteiger partial charge in [0.25, 0.3) is 0 Å². The fourth-order valence-electron chi connectivity index (χ4n) is 2.36. The molecule has 19 heavy (non-hydrogen) atoms. The quantitative estimate of drug-likeness (QED) is 0.869. The second-order valence-corrected chi connectivity index (χ2v) is 6.63. The Labute approximate surface area is 121 Å². The van der Waals surface area contributed by atoms with E-state index in [1.54, 1.807) is 0 Å². The average molecular weight is 279 g/mol. The van der Waals surface area contributed by atoms with Crippen molar-refractivity contribution < 1.29 is 0 Å². The topological polar surface area (TPSA) is 37.8 Å². The summed E-state index contributed by atoms with van der Waals surface area (Å²) in [6, 6.07) is 0. The molecule has 4 heteroatoms. The number of hydrogen-bond acceptors (Lipinski definition) is 4. The van der Waals surface area contributed by atoms with Crippen molar-refractivity contribution >= 4 is 11.8 Å². The van der Waals surface area contributed by atoms with Crippen LogP contribution in [0.25, 0.3) is 0 Å². The Bertz CT molecular complexity index is 418. The van der Waals surface area contributed by atoms with E-state index >= 15 is 0 Å². The number of nitrogens with zero attached hydrogens (tertiary/aromatic N) is 2. The van der Waals surface area contributed by atoms with Crippen LogP contribution in [0, 0.1) is 5.92 Å². The molecule has 1 aromatic rings. The molecule has 106 valence electrons. The van der Waals surface area contributed by atoms with Crippen molar-refractivity contribution in [3.05, 3.63) is 22.8 Å². The third kappa shape index (κ3) is 4.18. The first kappa shape index (κ1) is 14.8. The van der Waals surface area contributed by atoms with E-state index in [9.17, 15) is 0 Å². The molecule has 0 radical (unpaired) electrons. The molecular weight excluding hydrogens is 254 g/mol. The van der Waals surface area contributed by atoms with Gasteiger partial charge in [-0.3, -0.25) is 0 Å². The van der Waals surface area contributed by atoms with Crippen molar-refractivity contribution in [3.63, 3.8) is 0 Å². The standard InChI is InChI=1S/C15H25N3S/c1-4-5-13-12-8-16-7-6-14(12)18-15(17-13)10-19-9-11(2)3/h11,16H,4-10H2,1-3H3. The molecule has 0 fully saturated rings. The molecule has 0 aliphatic carbocycles. The van der Waals surface area contributed by atoms with Crippen molar-refractivity contribution in [3.8, 4) is 0 Å². The molecule has 2 heterocycles. The van der Waals surface area contributed by atoms with E-state index in [0.717, 1.165) is 49.8 Å². The van der Waals surface area contributed by atoms with Gasteiger partial charge in [-0.2, -0.15) is 11.8 Å². The molecule has 3 nitrogen and oxygen atoms in total. The Morgan fingerprint density at radius 1 is 1.32 bits per heavy atom. The van der Waals surface area contributed by atoms with Gasteiger partial charge >= 0.3 is 0 Å². The third-order valence-electron chi connectivity index (χ3n) is 3.23. The maximum absolute atomic E-state index is 4.80. The van der Waals surface area contributed by atoms with Gasteiger partial charge in [0.2, 0.25) is 0 Å². The maximum atomic E-state index is 4.80. The van der Waals surface area contributed by atoms with Gasteiger partial charge in [-0.05, 0) is 18.1 Å². The van der Waals surface area contributed by atoms with Crippen LogP contribution in [0.2, 0.25) is 0 Å². The second kappa shape index (κ2) is 7.25. The fourth-order valence-corrected chi connectivity index (χ4v) is 3.26. The normalized spacial score (nSPS) is 14.7. The van der Waals surface area contributed by atoms with Crippen molar-refractivity contribution in [1.82, 2.24) is 15.3 Å². The molecule has 0 unspecified atom stereocenters. The molecule has 1 aliphatic rings. The maximum Gasteiger partial charge on any atom is 0.138 e. The Morgan fingerprint density at radius 2 is 2.16 bits per heavy atom. The zero-order chi connectivity index (χ0) is 13.7. The van der Waals surface area contributed by atoms with E-state index in [1.807, 2.05) is 11.8 Å². The molecule has 0 atom stereocenters. The van der Waals surface area contributed by atoms with Crippen molar-refractivity contribution in [2.75, 3.05) is 12.3 Å². The monoisotopic (exact) mass is 279 g/mol. The van der Waals surface area contributed by atoms with Gasteiger partial charge in [0.05, 0.1) is 11.4 Å². The smallest absolute Gasteiger partial charge is 0.138 e. The van der Waals surface area contributed by atoms with Crippen LogP contribution in [-0.4, -0.2) is 22.3 Å². The van der Waals surface area contributed by atoms with E-state index in [1.165, 1.54) is 22.7 Å². The summed E-state index contributed by atoms with van der Waals surface area (Å²) in [7, 11) is 0. The number of aryl methyl sites for hydroxylation is 1. The summed E-state index contributed by atoms with van der Waals surface area (Å²) < 4.78 is 0. The van der Waals surface area contributed by atoms with Crippen molar-refractivity contribution in [1.29, 1.82) is 0 Å². The second-order valence-electron chi connectivity index (χ2n) is 5.60. The number of hydrogen-bond donors (Lipinski definition) is 1. The highest BCUT2D eigenvalue weighted by molar-refractivity contribution is 7.98. The van der Waals surface area contributed by atoms with Crippen LogP contribution in [0.15, 0.2) is 0 Å². The minimum absolute atomic E-state index is 0.738. The highest BCUT2D eigenvalue weighted by Gasteiger charge is 2.16. The predicted octanol–water partition coefficient (Wildman–Crippen LogP) is 2.96. The first-order chi connectivity index (χ1) is 9.20. The summed E-state index contributed by atoms with van der Waals surface area (Å²) in [5.41, 5.74) is 3.93. The van der Waals surface area contributed by atoms with Gasteiger partial charge in [0, 0.05) is 30.8 Å². The van der Waals surface area contributed by atoms with E-state index in [4.69, 9.17) is 9.97 Å². The summed E-state index contributed by atoms with van der Waals surface area (Å²) >= 11 is 1.95. The molecule has 0 saturated carbocycles. The molecule has 0 amide bonds. The Balaban J connectivity index is 2.13. The Morgan fingerprint density at radius 3 is 2.89 bits per heavy atom. The fraction of sp³-hybridized carbons (Fsp3) is 0.733. The van der Waals surface area contributed by atoms with Crippen molar-refractivity contribution in [2.24, 2.45) is 5.92 Å². The van der Waals surface area contributed by atoms with E-state index in [0.29, 0.717) is 0 Å².